The molecule has 90 valence electrons. The van der Waals surface area contributed by atoms with Gasteiger partial charge in [-0.05, 0) is 18.2 Å². The number of ether oxygens (including phenoxy) is 1. The van der Waals surface area contributed by atoms with Gasteiger partial charge in [-0.2, -0.15) is 0 Å². The summed E-state index contributed by atoms with van der Waals surface area (Å²) in [4.78, 5) is 0. The van der Waals surface area contributed by atoms with Gasteiger partial charge in [-0.15, -0.1) is 5.10 Å². The number of aliphatic hydroxyl groups is 1. The standard InChI is InChI=1S/C11H12ClN3O2/c1-15-10(6-13-14-15)11(16)7-17-9-4-2-3-8(12)5-9/h2-6,11,16H,7H2,1H3. The molecule has 2 rings (SSSR count). The van der Waals surface area contributed by atoms with Gasteiger partial charge in [-0.25, -0.2) is 4.68 Å². The van der Waals surface area contributed by atoms with E-state index in [1.165, 1.54) is 10.9 Å². The monoisotopic (exact) mass is 253 g/mol. The van der Waals surface area contributed by atoms with E-state index in [4.69, 9.17) is 16.3 Å². The second-order valence-electron chi connectivity index (χ2n) is 3.57. The van der Waals surface area contributed by atoms with E-state index in [1.54, 1.807) is 31.3 Å². The summed E-state index contributed by atoms with van der Waals surface area (Å²) in [5, 5.41) is 17.9. The van der Waals surface area contributed by atoms with Gasteiger partial charge in [-0.1, -0.05) is 22.9 Å². The zero-order valence-corrected chi connectivity index (χ0v) is 10.0. The van der Waals surface area contributed by atoms with Crippen LogP contribution in [0.4, 0.5) is 0 Å². The quantitative estimate of drug-likeness (QED) is 0.899. The van der Waals surface area contributed by atoms with E-state index in [9.17, 15) is 5.11 Å². The fourth-order valence-electron chi connectivity index (χ4n) is 1.42. The van der Waals surface area contributed by atoms with Crippen molar-refractivity contribution in [1.29, 1.82) is 0 Å². The third-order valence-corrected chi connectivity index (χ3v) is 2.53. The van der Waals surface area contributed by atoms with Crippen molar-refractivity contribution in [2.24, 2.45) is 7.05 Å². The molecule has 2 aromatic rings. The first kappa shape index (κ1) is 11.9. The van der Waals surface area contributed by atoms with Crippen LogP contribution in [-0.2, 0) is 7.05 Å². The SMILES string of the molecule is Cn1nncc1C(O)COc1cccc(Cl)c1. The summed E-state index contributed by atoms with van der Waals surface area (Å²) < 4.78 is 6.93. The molecule has 6 heteroatoms. The molecule has 1 unspecified atom stereocenters. The van der Waals surface area contributed by atoms with E-state index in [0.717, 1.165) is 0 Å². The Kier molecular flexibility index (Phi) is 3.61. The van der Waals surface area contributed by atoms with Crippen molar-refractivity contribution < 1.29 is 9.84 Å². The maximum absolute atomic E-state index is 9.86. The number of aryl methyl sites for hydroxylation is 1. The summed E-state index contributed by atoms with van der Waals surface area (Å²) in [6.45, 7) is 0.127. The highest BCUT2D eigenvalue weighted by atomic mass is 35.5. The Bertz CT molecular complexity index is 501. The fraction of sp³-hybridized carbons (Fsp3) is 0.273. The Morgan fingerprint density at radius 1 is 1.53 bits per heavy atom. The highest BCUT2D eigenvalue weighted by Gasteiger charge is 2.13. The Balaban J connectivity index is 1.97. The number of aliphatic hydroxyl groups excluding tert-OH is 1. The fourth-order valence-corrected chi connectivity index (χ4v) is 1.60. The molecule has 5 nitrogen and oxygen atoms in total. The van der Waals surface area contributed by atoms with E-state index in [0.29, 0.717) is 16.5 Å². The smallest absolute Gasteiger partial charge is 0.131 e. The van der Waals surface area contributed by atoms with Crippen LogP contribution in [-0.4, -0.2) is 26.7 Å². The first-order valence-electron chi connectivity index (χ1n) is 5.08. The third kappa shape index (κ3) is 2.95. The van der Waals surface area contributed by atoms with E-state index in [-0.39, 0.29) is 6.61 Å². The van der Waals surface area contributed by atoms with Crippen LogP contribution in [0.3, 0.4) is 0 Å². The van der Waals surface area contributed by atoms with Crippen LogP contribution in [0.1, 0.15) is 11.8 Å². The van der Waals surface area contributed by atoms with Gasteiger partial charge in [0.05, 0.1) is 11.9 Å². The van der Waals surface area contributed by atoms with Gasteiger partial charge < -0.3 is 9.84 Å². The van der Waals surface area contributed by atoms with E-state index >= 15 is 0 Å². The maximum atomic E-state index is 9.86. The van der Waals surface area contributed by atoms with Gasteiger partial charge in [0.2, 0.25) is 0 Å². The predicted molar refractivity (Wildman–Crippen MR) is 62.9 cm³/mol. The van der Waals surface area contributed by atoms with Gasteiger partial charge in [0.25, 0.3) is 0 Å². The lowest BCUT2D eigenvalue weighted by molar-refractivity contribution is 0.101. The van der Waals surface area contributed by atoms with Crippen molar-refractivity contribution in [2.45, 2.75) is 6.10 Å². The Morgan fingerprint density at radius 3 is 3.00 bits per heavy atom. The van der Waals surface area contributed by atoms with Crippen LogP contribution in [0.25, 0.3) is 0 Å². The van der Waals surface area contributed by atoms with Crippen LogP contribution in [0.5, 0.6) is 5.75 Å². The molecule has 0 aliphatic rings. The predicted octanol–water partition coefficient (Wildman–Crippen LogP) is 1.58. The van der Waals surface area contributed by atoms with Crippen molar-refractivity contribution in [3.05, 3.63) is 41.2 Å². The third-order valence-electron chi connectivity index (χ3n) is 2.29. The minimum atomic E-state index is -0.769. The summed E-state index contributed by atoms with van der Waals surface area (Å²) in [5.41, 5.74) is 0.604. The van der Waals surface area contributed by atoms with Gasteiger partial charge >= 0.3 is 0 Å². The molecule has 1 heterocycles. The number of nitrogens with zero attached hydrogens (tertiary/aromatic N) is 3. The summed E-state index contributed by atoms with van der Waals surface area (Å²) in [6, 6.07) is 7.02. The molecule has 17 heavy (non-hydrogen) atoms. The van der Waals surface area contributed by atoms with Crippen molar-refractivity contribution >= 4 is 11.6 Å². The minimum Gasteiger partial charge on any atom is -0.490 e. The first-order valence-corrected chi connectivity index (χ1v) is 5.45. The molecule has 1 atom stereocenters. The topological polar surface area (TPSA) is 60.2 Å². The van der Waals surface area contributed by atoms with Crippen molar-refractivity contribution in [3.63, 3.8) is 0 Å². The number of halogens is 1. The number of hydrogen-bond acceptors (Lipinski definition) is 4. The number of rotatable bonds is 4. The van der Waals surface area contributed by atoms with Crippen LogP contribution < -0.4 is 4.74 Å². The van der Waals surface area contributed by atoms with Gasteiger partial charge in [0, 0.05) is 12.1 Å². The van der Waals surface area contributed by atoms with Gasteiger partial charge in [0.15, 0.2) is 0 Å². The normalized spacial score (nSPS) is 12.4. The molecule has 0 aliphatic heterocycles. The average Bonchev–Trinajstić information content (AvgIpc) is 2.72. The largest absolute Gasteiger partial charge is 0.490 e. The number of aromatic nitrogens is 3. The molecule has 1 N–H and O–H groups in total. The summed E-state index contributed by atoms with van der Waals surface area (Å²) in [7, 11) is 1.71. The van der Waals surface area contributed by atoms with Crippen LogP contribution in [0.15, 0.2) is 30.5 Å². The van der Waals surface area contributed by atoms with E-state index in [2.05, 4.69) is 10.3 Å². The Morgan fingerprint density at radius 2 is 2.35 bits per heavy atom. The Labute approximate surface area is 104 Å². The second kappa shape index (κ2) is 5.16. The molecule has 0 fully saturated rings. The zero-order valence-electron chi connectivity index (χ0n) is 9.25. The van der Waals surface area contributed by atoms with Crippen molar-refractivity contribution in [2.75, 3.05) is 6.61 Å². The highest BCUT2D eigenvalue weighted by molar-refractivity contribution is 6.30. The van der Waals surface area contributed by atoms with E-state index < -0.39 is 6.10 Å². The molecule has 0 spiro atoms. The molecule has 0 bridgehead atoms. The Hall–Kier alpha value is -1.59. The molecule has 0 radical (unpaired) electrons. The molecule has 0 saturated carbocycles. The molecular formula is C11H12ClN3O2. The molecule has 0 saturated heterocycles. The lowest BCUT2D eigenvalue weighted by atomic mass is 10.3. The number of benzene rings is 1. The summed E-state index contributed by atoms with van der Waals surface area (Å²) >= 11 is 5.82. The maximum Gasteiger partial charge on any atom is 0.131 e. The van der Waals surface area contributed by atoms with E-state index in [1.807, 2.05) is 0 Å². The summed E-state index contributed by atoms with van der Waals surface area (Å²) in [5.74, 6) is 0.617. The molecule has 1 aromatic carbocycles. The molecule has 0 aliphatic carbocycles. The zero-order chi connectivity index (χ0) is 12.3. The van der Waals surface area contributed by atoms with Crippen LogP contribution in [0, 0.1) is 0 Å². The number of hydrogen-bond donors (Lipinski definition) is 1. The average molecular weight is 254 g/mol. The van der Waals surface area contributed by atoms with Gasteiger partial charge in [0.1, 0.15) is 18.5 Å². The molecule has 1 aromatic heterocycles. The minimum absolute atomic E-state index is 0.127. The van der Waals surface area contributed by atoms with Gasteiger partial charge in [-0.3, -0.25) is 0 Å². The van der Waals surface area contributed by atoms with Crippen LogP contribution in [0.2, 0.25) is 5.02 Å². The second-order valence-corrected chi connectivity index (χ2v) is 4.00. The van der Waals surface area contributed by atoms with Crippen molar-refractivity contribution in [3.8, 4) is 5.75 Å². The van der Waals surface area contributed by atoms with Crippen LogP contribution >= 0.6 is 11.6 Å². The summed E-state index contributed by atoms with van der Waals surface area (Å²) in [6.07, 6.45) is 0.736. The van der Waals surface area contributed by atoms with Crippen molar-refractivity contribution in [1.82, 2.24) is 15.0 Å². The highest BCUT2D eigenvalue weighted by Crippen LogP contribution is 2.19. The lowest BCUT2D eigenvalue weighted by Crippen LogP contribution is -2.13. The first-order chi connectivity index (χ1) is 8.16. The lowest BCUT2D eigenvalue weighted by Gasteiger charge is -2.12. The molecular weight excluding hydrogens is 242 g/mol. The molecule has 0 amide bonds.